The molecule has 0 atom stereocenters. The third kappa shape index (κ3) is 4.84. The minimum Gasteiger partial charge on any atom is -0.487 e. The Balaban J connectivity index is 1.35. The molecule has 0 unspecified atom stereocenters. The summed E-state index contributed by atoms with van der Waals surface area (Å²) in [5.74, 6) is 0.653. The van der Waals surface area contributed by atoms with Gasteiger partial charge in [-0.15, -0.1) is 0 Å². The van der Waals surface area contributed by atoms with Crippen LogP contribution in [-0.2, 0) is 17.9 Å². The fraction of sp³-hybridized carbons (Fsp3) is 0.208. The first-order valence-electron chi connectivity index (χ1n) is 9.99. The lowest BCUT2D eigenvalue weighted by Gasteiger charge is -2.16. The number of aromatic nitrogens is 1. The van der Waals surface area contributed by atoms with Crippen LogP contribution in [0.3, 0.4) is 0 Å². The van der Waals surface area contributed by atoms with E-state index in [0.717, 1.165) is 29.1 Å². The van der Waals surface area contributed by atoms with Crippen molar-refractivity contribution >= 4 is 17.5 Å². The Hall–Kier alpha value is -3.67. The van der Waals surface area contributed by atoms with Gasteiger partial charge in [-0.3, -0.25) is 14.6 Å². The van der Waals surface area contributed by atoms with Gasteiger partial charge in [-0.05, 0) is 54.4 Å². The Morgan fingerprint density at radius 2 is 1.97 bits per heavy atom. The van der Waals surface area contributed by atoms with Gasteiger partial charge in [0.2, 0.25) is 5.91 Å². The fourth-order valence-electron chi connectivity index (χ4n) is 3.41. The molecule has 2 heterocycles. The predicted molar refractivity (Wildman–Crippen MR) is 114 cm³/mol. The summed E-state index contributed by atoms with van der Waals surface area (Å²) in [7, 11) is 0. The second-order valence-electron chi connectivity index (χ2n) is 7.14. The second kappa shape index (κ2) is 9.22. The van der Waals surface area contributed by atoms with E-state index in [2.05, 4.69) is 10.3 Å². The summed E-state index contributed by atoms with van der Waals surface area (Å²) in [6.07, 6.45) is 3.16. The van der Waals surface area contributed by atoms with Gasteiger partial charge < -0.3 is 15.0 Å². The van der Waals surface area contributed by atoms with E-state index in [0.29, 0.717) is 31.7 Å². The van der Waals surface area contributed by atoms with Crippen LogP contribution in [0.15, 0.2) is 72.9 Å². The average Bonchev–Trinajstić information content (AvgIpc) is 3.23. The molecule has 1 aromatic heterocycles. The van der Waals surface area contributed by atoms with E-state index in [1.54, 1.807) is 23.2 Å². The first-order chi connectivity index (χ1) is 14.7. The number of nitrogens with one attached hydrogen (secondary N) is 1. The van der Waals surface area contributed by atoms with Crippen molar-refractivity contribution in [2.45, 2.75) is 26.0 Å². The number of amides is 2. The van der Waals surface area contributed by atoms with E-state index in [-0.39, 0.29) is 11.8 Å². The fourth-order valence-corrected chi connectivity index (χ4v) is 3.41. The standard InChI is InChI=1S/C24H23N3O3/c28-23-11-5-13-27(23)21-9-4-7-19(15-21)24(29)26-16-18-6-3-10-22(14-18)30-17-20-8-1-2-12-25-20/h1-4,6-10,12,14-15H,5,11,13,16-17H2,(H,26,29). The molecule has 4 rings (SSSR count). The van der Waals surface area contributed by atoms with Gasteiger partial charge in [-0.2, -0.15) is 0 Å². The van der Waals surface area contributed by atoms with Gasteiger partial charge in [0.05, 0.1) is 5.69 Å². The number of anilines is 1. The molecule has 1 saturated heterocycles. The lowest BCUT2D eigenvalue weighted by atomic mass is 10.1. The molecule has 2 aromatic carbocycles. The van der Waals surface area contributed by atoms with E-state index < -0.39 is 0 Å². The van der Waals surface area contributed by atoms with E-state index >= 15 is 0 Å². The summed E-state index contributed by atoms with van der Waals surface area (Å²) in [4.78, 5) is 30.5. The first kappa shape index (κ1) is 19.6. The molecular formula is C24H23N3O3. The van der Waals surface area contributed by atoms with Crippen molar-refractivity contribution in [3.8, 4) is 5.75 Å². The van der Waals surface area contributed by atoms with E-state index in [1.165, 1.54) is 0 Å². The maximum absolute atomic E-state index is 12.6. The smallest absolute Gasteiger partial charge is 0.251 e. The number of ether oxygens (including phenoxy) is 1. The van der Waals surface area contributed by atoms with Crippen LogP contribution in [0.2, 0.25) is 0 Å². The summed E-state index contributed by atoms with van der Waals surface area (Å²) in [5.41, 5.74) is 3.10. The minimum absolute atomic E-state index is 0.107. The average molecular weight is 401 g/mol. The number of hydrogen-bond donors (Lipinski definition) is 1. The van der Waals surface area contributed by atoms with Crippen molar-refractivity contribution < 1.29 is 14.3 Å². The highest BCUT2D eigenvalue weighted by Crippen LogP contribution is 2.22. The highest BCUT2D eigenvalue weighted by Gasteiger charge is 2.22. The zero-order valence-electron chi connectivity index (χ0n) is 16.6. The molecule has 0 aliphatic carbocycles. The van der Waals surface area contributed by atoms with Gasteiger partial charge in [-0.25, -0.2) is 0 Å². The number of rotatable bonds is 7. The monoisotopic (exact) mass is 401 g/mol. The second-order valence-corrected chi connectivity index (χ2v) is 7.14. The van der Waals surface area contributed by atoms with Crippen LogP contribution < -0.4 is 15.0 Å². The summed E-state index contributed by atoms with van der Waals surface area (Å²) in [5, 5.41) is 2.93. The summed E-state index contributed by atoms with van der Waals surface area (Å²) < 4.78 is 5.79. The van der Waals surface area contributed by atoms with Crippen molar-refractivity contribution in [2.24, 2.45) is 0 Å². The highest BCUT2D eigenvalue weighted by molar-refractivity contribution is 5.99. The van der Waals surface area contributed by atoms with Crippen LogP contribution in [0.1, 0.15) is 34.5 Å². The van der Waals surface area contributed by atoms with Crippen LogP contribution in [0.4, 0.5) is 5.69 Å². The number of carbonyl (C=O) groups excluding carboxylic acids is 2. The molecule has 1 fully saturated rings. The molecule has 6 heteroatoms. The van der Waals surface area contributed by atoms with Gasteiger partial charge >= 0.3 is 0 Å². The molecule has 6 nitrogen and oxygen atoms in total. The van der Waals surface area contributed by atoms with Crippen molar-refractivity contribution in [1.82, 2.24) is 10.3 Å². The SMILES string of the molecule is O=C(NCc1cccc(OCc2ccccn2)c1)c1cccc(N2CCCC2=O)c1. The van der Waals surface area contributed by atoms with Crippen molar-refractivity contribution in [1.29, 1.82) is 0 Å². The van der Waals surface area contributed by atoms with Gasteiger partial charge in [0.25, 0.3) is 5.91 Å². The normalized spacial score (nSPS) is 13.3. The maximum Gasteiger partial charge on any atom is 0.251 e. The Morgan fingerprint density at radius 3 is 2.77 bits per heavy atom. The van der Waals surface area contributed by atoms with Crippen molar-refractivity contribution in [3.63, 3.8) is 0 Å². The Labute approximate surface area is 175 Å². The topological polar surface area (TPSA) is 71.5 Å². The predicted octanol–water partition coefficient (Wildman–Crippen LogP) is 3.72. The summed E-state index contributed by atoms with van der Waals surface area (Å²) in [6.45, 7) is 1.47. The Morgan fingerprint density at radius 1 is 1.07 bits per heavy atom. The molecular weight excluding hydrogens is 378 g/mol. The van der Waals surface area contributed by atoms with Gasteiger partial charge in [0.15, 0.2) is 0 Å². The Bertz CT molecular complexity index is 1040. The molecule has 0 saturated carbocycles. The first-order valence-corrected chi connectivity index (χ1v) is 9.99. The number of pyridine rings is 1. The largest absolute Gasteiger partial charge is 0.487 e. The van der Waals surface area contributed by atoms with Crippen molar-refractivity contribution in [3.05, 3.63) is 89.7 Å². The van der Waals surface area contributed by atoms with Crippen LogP contribution in [0.5, 0.6) is 5.75 Å². The molecule has 3 aromatic rings. The maximum atomic E-state index is 12.6. The van der Waals surface area contributed by atoms with Gasteiger partial charge in [-0.1, -0.05) is 24.3 Å². The van der Waals surface area contributed by atoms with Gasteiger partial charge in [0, 0.05) is 37.0 Å². The molecule has 2 amide bonds. The third-order valence-electron chi connectivity index (χ3n) is 4.96. The summed E-state index contributed by atoms with van der Waals surface area (Å²) in [6, 6.07) is 20.5. The number of hydrogen-bond acceptors (Lipinski definition) is 4. The minimum atomic E-state index is -0.177. The molecule has 0 radical (unpaired) electrons. The quantitative estimate of drug-likeness (QED) is 0.655. The van der Waals surface area contributed by atoms with Crippen LogP contribution in [0, 0.1) is 0 Å². The lowest BCUT2D eigenvalue weighted by molar-refractivity contribution is -0.117. The zero-order valence-corrected chi connectivity index (χ0v) is 16.6. The highest BCUT2D eigenvalue weighted by atomic mass is 16.5. The van der Waals surface area contributed by atoms with E-state index in [9.17, 15) is 9.59 Å². The lowest BCUT2D eigenvalue weighted by Crippen LogP contribution is -2.25. The van der Waals surface area contributed by atoms with Crippen molar-refractivity contribution in [2.75, 3.05) is 11.4 Å². The molecule has 0 bridgehead atoms. The molecule has 1 aliphatic rings. The summed E-state index contributed by atoms with van der Waals surface area (Å²) >= 11 is 0. The third-order valence-corrected chi connectivity index (χ3v) is 4.96. The molecule has 0 spiro atoms. The zero-order chi connectivity index (χ0) is 20.8. The van der Waals surface area contributed by atoms with E-state index in [1.807, 2.05) is 54.6 Å². The van der Waals surface area contributed by atoms with Crippen LogP contribution in [-0.4, -0.2) is 23.3 Å². The van der Waals surface area contributed by atoms with Gasteiger partial charge in [0.1, 0.15) is 12.4 Å². The molecule has 1 aliphatic heterocycles. The molecule has 152 valence electrons. The van der Waals surface area contributed by atoms with Crippen LogP contribution >= 0.6 is 0 Å². The molecule has 30 heavy (non-hydrogen) atoms. The van der Waals surface area contributed by atoms with E-state index in [4.69, 9.17) is 4.74 Å². The number of benzene rings is 2. The molecule has 1 N–H and O–H groups in total. The number of nitrogens with zero attached hydrogens (tertiary/aromatic N) is 2. The Kier molecular flexibility index (Phi) is 6.03. The van der Waals surface area contributed by atoms with Crippen LogP contribution in [0.25, 0.3) is 0 Å². The number of carbonyl (C=O) groups is 2.